The first kappa shape index (κ1) is 13.6. The Balaban J connectivity index is 2.00. The Bertz CT molecular complexity index is 741. The maximum atomic E-state index is 12.7. The third-order valence-electron chi connectivity index (χ3n) is 3.78. The molecule has 0 saturated carbocycles. The molecular formula is C15H14ClNO2S. The number of hydrogen-bond donors (Lipinski definition) is 1. The molecule has 2 unspecified atom stereocenters. The molecule has 20 heavy (non-hydrogen) atoms. The summed E-state index contributed by atoms with van der Waals surface area (Å²) in [4.78, 5) is 0.273. The van der Waals surface area contributed by atoms with Crippen LogP contribution in [0.2, 0.25) is 5.02 Å². The number of hydrogen-bond acceptors (Lipinski definition) is 3. The molecule has 0 fully saturated rings. The Morgan fingerprint density at radius 2 is 1.70 bits per heavy atom. The van der Waals surface area contributed by atoms with Crippen LogP contribution in [0.15, 0.2) is 53.4 Å². The molecule has 1 aliphatic rings. The van der Waals surface area contributed by atoms with Gasteiger partial charge < -0.3 is 5.73 Å². The van der Waals surface area contributed by atoms with Gasteiger partial charge in [0.15, 0.2) is 9.84 Å². The van der Waals surface area contributed by atoms with Gasteiger partial charge >= 0.3 is 0 Å². The molecule has 3 nitrogen and oxygen atoms in total. The number of halogens is 1. The average Bonchev–Trinajstić information content (AvgIpc) is 2.78. The minimum atomic E-state index is -3.46. The number of rotatable bonds is 2. The summed E-state index contributed by atoms with van der Waals surface area (Å²) in [6, 6.07) is 13.4. The second-order valence-corrected chi connectivity index (χ2v) is 7.57. The molecule has 0 radical (unpaired) electrons. The van der Waals surface area contributed by atoms with Crippen LogP contribution in [0.1, 0.15) is 17.2 Å². The molecule has 2 aromatic carbocycles. The zero-order chi connectivity index (χ0) is 14.3. The van der Waals surface area contributed by atoms with Gasteiger partial charge in [-0.15, -0.1) is 0 Å². The number of nitrogens with two attached hydrogens (primary N) is 1. The van der Waals surface area contributed by atoms with Crippen molar-refractivity contribution in [1.82, 2.24) is 0 Å². The lowest BCUT2D eigenvalue weighted by Crippen LogP contribution is -2.30. The van der Waals surface area contributed by atoms with Crippen molar-refractivity contribution in [3.63, 3.8) is 0 Å². The van der Waals surface area contributed by atoms with E-state index in [0.717, 1.165) is 11.1 Å². The molecule has 1 aliphatic carbocycles. The van der Waals surface area contributed by atoms with Crippen LogP contribution in [0.25, 0.3) is 0 Å². The summed E-state index contributed by atoms with van der Waals surface area (Å²) in [5.41, 5.74) is 8.08. The largest absolute Gasteiger partial charge is 0.323 e. The third kappa shape index (κ3) is 2.14. The van der Waals surface area contributed by atoms with Crippen molar-refractivity contribution in [2.24, 2.45) is 5.73 Å². The van der Waals surface area contributed by atoms with E-state index in [1.54, 1.807) is 12.1 Å². The van der Waals surface area contributed by atoms with Gasteiger partial charge in [-0.2, -0.15) is 0 Å². The predicted octanol–water partition coefficient (Wildman–Crippen LogP) is 2.74. The topological polar surface area (TPSA) is 60.2 Å². The van der Waals surface area contributed by atoms with Gasteiger partial charge in [-0.05, 0) is 41.8 Å². The third-order valence-corrected chi connectivity index (χ3v) is 6.21. The van der Waals surface area contributed by atoms with E-state index in [1.807, 2.05) is 24.3 Å². The maximum absolute atomic E-state index is 12.7. The van der Waals surface area contributed by atoms with E-state index < -0.39 is 21.1 Å². The van der Waals surface area contributed by atoms with Gasteiger partial charge in [-0.3, -0.25) is 0 Å². The fraction of sp³-hybridized carbons (Fsp3) is 0.200. The van der Waals surface area contributed by atoms with E-state index in [2.05, 4.69) is 0 Å². The van der Waals surface area contributed by atoms with Crippen LogP contribution in [0.3, 0.4) is 0 Å². The molecule has 0 aromatic heterocycles. The van der Waals surface area contributed by atoms with Gasteiger partial charge in [0.25, 0.3) is 0 Å². The molecule has 3 rings (SSSR count). The Hall–Kier alpha value is -1.36. The summed E-state index contributed by atoms with van der Waals surface area (Å²) < 4.78 is 25.4. The Morgan fingerprint density at radius 1 is 1.05 bits per heavy atom. The van der Waals surface area contributed by atoms with Crippen LogP contribution >= 0.6 is 11.6 Å². The number of fused-ring (bicyclic) bond motifs is 1. The first-order valence-corrected chi connectivity index (χ1v) is 8.25. The minimum absolute atomic E-state index is 0.273. The van der Waals surface area contributed by atoms with E-state index in [0.29, 0.717) is 11.4 Å². The van der Waals surface area contributed by atoms with Crippen LogP contribution in [0.4, 0.5) is 0 Å². The number of sulfone groups is 1. The van der Waals surface area contributed by atoms with Crippen molar-refractivity contribution in [3.8, 4) is 0 Å². The van der Waals surface area contributed by atoms with E-state index in [4.69, 9.17) is 17.3 Å². The minimum Gasteiger partial charge on any atom is -0.323 e. The van der Waals surface area contributed by atoms with E-state index in [1.165, 1.54) is 12.1 Å². The molecule has 0 aliphatic heterocycles. The second-order valence-electron chi connectivity index (χ2n) is 4.97. The SMILES string of the molecule is NC1c2ccccc2CC1S(=O)(=O)c1ccc(Cl)cc1. The monoisotopic (exact) mass is 307 g/mol. The molecule has 104 valence electrons. The van der Waals surface area contributed by atoms with Gasteiger partial charge in [0.1, 0.15) is 0 Å². The standard InChI is InChI=1S/C15H14ClNO2S/c16-11-5-7-12(8-6-11)20(18,19)14-9-10-3-1-2-4-13(10)15(14)17/h1-8,14-15H,9,17H2. The first-order chi connectivity index (χ1) is 9.50. The van der Waals surface area contributed by atoms with Gasteiger partial charge in [-0.25, -0.2) is 8.42 Å². The van der Waals surface area contributed by atoms with Crippen molar-refractivity contribution in [2.45, 2.75) is 22.6 Å². The molecule has 0 heterocycles. The highest BCUT2D eigenvalue weighted by molar-refractivity contribution is 7.92. The van der Waals surface area contributed by atoms with E-state index in [9.17, 15) is 8.42 Å². The second kappa shape index (κ2) is 4.88. The highest BCUT2D eigenvalue weighted by Gasteiger charge is 2.39. The zero-order valence-electron chi connectivity index (χ0n) is 10.7. The molecule has 5 heteroatoms. The summed E-state index contributed by atoms with van der Waals surface area (Å²) in [7, 11) is -3.46. The van der Waals surface area contributed by atoms with E-state index in [-0.39, 0.29) is 4.90 Å². The molecule has 2 aromatic rings. The summed E-state index contributed by atoms with van der Waals surface area (Å²) in [5, 5.41) is -0.0935. The molecule has 0 saturated heterocycles. The quantitative estimate of drug-likeness (QED) is 0.928. The van der Waals surface area contributed by atoms with Crippen molar-refractivity contribution in [1.29, 1.82) is 0 Å². The van der Waals surface area contributed by atoms with Gasteiger partial charge in [0.2, 0.25) is 0 Å². The molecule has 2 N–H and O–H groups in total. The first-order valence-electron chi connectivity index (χ1n) is 6.33. The lowest BCUT2D eigenvalue weighted by molar-refractivity contribution is 0.565. The smallest absolute Gasteiger partial charge is 0.183 e. The Kier molecular flexibility index (Phi) is 3.32. The normalized spacial score (nSPS) is 21.7. The summed E-state index contributed by atoms with van der Waals surface area (Å²) in [6.07, 6.45) is 0.461. The highest BCUT2D eigenvalue weighted by Crippen LogP contribution is 2.36. The highest BCUT2D eigenvalue weighted by atomic mass is 35.5. The van der Waals surface area contributed by atoms with Crippen molar-refractivity contribution < 1.29 is 8.42 Å². The van der Waals surface area contributed by atoms with Crippen molar-refractivity contribution in [2.75, 3.05) is 0 Å². The van der Waals surface area contributed by atoms with Crippen LogP contribution in [-0.2, 0) is 16.3 Å². The van der Waals surface area contributed by atoms with E-state index >= 15 is 0 Å². The lowest BCUT2D eigenvalue weighted by Gasteiger charge is -2.17. The molecule has 0 amide bonds. The predicted molar refractivity (Wildman–Crippen MR) is 79.5 cm³/mol. The lowest BCUT2D eigenvalue weighted by atomic mass is 10.1. The maximum Gasteiger partial charge on any atom is 0.183 e. The summed E-state index contributed by atoms with van der Waals surface area (Å²) >= 11 is 5.80. The van der Waals surface area contributed by atoms with Gasteiger partial charge in [0, 0.05) is 11.1 Å². The van der Waals surface area contributed by atoms with Crippen LogP contribution in [0, 0.1) is 0 Å². The molecule has 0 bridgehead atoms. The summed E-state index contributed by atoms with van der Waals surface area (Å²) in [6.45, 7) is 0. The molecular weight excluding hydrogens is 294 g/mol. The van der Waals surface area contributed by atoms with Gasteiger partial charge in [-0.1, -0.05) is 35.9 Å². The van der Waals surface area contributed by atoms with Crippen LogP contribution in [0.5, 0.6) is 0 Å². The Labute approximate surface area is 123 Å². The Morgan fingerprint density at radius 3 is 2.35 bits per heavy atom. The zero-order valence-corrected chi connectivity index (χ0v) is 12.2. The fourth-order valence-corrected chi connectivity index (χ4v) is 4.61. The van der Waals surface area contributed by atoms with Crippen molar-refractivity contribution >= 4 is 21.4 Å². The fourth-order valence-electron chi connectivity index (χ4n) is 2.69. The van der Waals surface area contributed by atoms with Crippen LogP contribution < -0.4 is 5.73 Å². The van der Waals surface area contributed by atoms with Gasteiger partial charge in [0.05, 0.1) is 10.1 Å². The summed E-state index contributed by atoms with van der Waals surface area (Å²) in [5.74, 6) is 0. The molecule has 0 spiro atoms. The average molecular weight is 308 g/mol. The van der Waals surface area contributed by atoms with Crippen molar-refractivity contribution in [3.05, 3.63) is 64.7 Å². The number of benzene rings is 2. The molecule has 2 atom stereocenters. The van der Waals surface area contributed by atoms with Crippen LogP contribution in [-0.4, -0.2) is 13.7 Å².